The second-order valence-electron chi connectivity index (χ2n) is 10.5. The second kappa shape index (κ2) is 6.23. The highest BCUT2D eigenvalue weighted by atomic mass is 15.2. The van der Waals surface area contributed by atoms with Gasteiger partial charge in [0.2, 0.25) is 0 Å². The van der Waals surface area contributed by atoms with E-state index in [4.69, 9.17) is 0 Å². The summed E-state index contributed by atoms with van der Waals surface area (Å²) in [6.45, 7) is 7.53. The lowest BCUT2D eigenvalue weighted by atomic mass is 9.53. The molecule has 0 spiro atoms. The van der Waals surface area contributed by atoms with E-state index < -0.39 is 0 Å². The van der Waals surface area contributed by atoms with Crippen LogP contribution in [0.5, 0.6) is 0 Å². The molecule has 2 heteroatoms. The highest BCUT2D eigenvalue weighted by Crippen LogP contribution is 2.56. The zero-order valence-corrected chi connectivity index (χ0v) is 18.5. The van der Waals surface area contributed by atoms with Crippen LogP contribution in [0.1, 0.15) is 37.3 Å². The summed E-state index contributed by atoms with van der Waals surface area (Å²) in [5.74, 6) is 1.79. The van der Waals surface area contributed by atoms with Crippen molar-refractivity contribution < 1.29 is 0 Å². The number of piperidine rings is 3. The van der Waals surface area contributed by atoms with Gasteiger partial charge in [0.05, 0.1) is 11.0 Å². The maximum Gasteiger partial charge on any atom is 0.0543 e. The van der Waals surface area contributed by atoms with Crippen LogP contribution in [-0.4, -0.2) is 28.6 Å². The van der Waals surface area contributed by atoms with Crippen molar-refractivity contribution in [3.8, 4) is 5.69 Å². The maximum atomic E-state index is 2.81. The van der Waals surface area contributed by atoms with E-state index in [0.717, 1.165) is 11.8 Å². The van der Waals surface area contributed by atoms with E-state index in [-0.39, 0.29) is 0 Å². The van der Waals surface area contributed by atoms with Gasteiger partial charge in [-0.05, 0) is 86.4 Å². The molecule has 4 fully saturated rings. The summed E-state index contributed by atoms with van der Waals surface area (Å²) in [5.41, 5.74) is 7.33. The molecule has 1 aliphatic carbocycles. The van der Waals surface area contributed by atoms with Gasteiger partial charge in [-0.2, -0.15) is 0 Å². The Morgan fingerprint density at radius 2 is 1.52 bits per heavy atom. The average Bonchev–Trinajstić information content (AvgIpc) is 3.10. The Morgan fingerprint density at radius 1 is 0.806 bits per heavy atom. The first-order valence-electron chi connectivity index (χ1n) is 12.0. The Hall–Kier alpha value is -2.58. The highest BCUT2D eigenvalue weighted by molar-refractivity contribution is 6.09. The van der Waals surface area contributed by atoms with Crippen LogP contribution in [0.25, 0.3) is 27.5 Å². The molecule has 4 aromatic rings. The molecule has 4 aliphatic rings. The summed E-state index contributed by atoms with van der Waals surface area (Å²) in [6, 6.07) is 25.5. The number of benzene rings is 3. The van der Waals surface area contributed by atoms with Crippen molar-refractivity contribution in [3.63, 3.8) is 0 Å². The number of rotatable bonds is 2. The molecular formula is C29H30N2. The third-order valence-electron chi connectivity index (χ3n) is 8.87. The monoisotopic (exact) mass is 406 g/mol. The third kappa shape index (κ3) is 2.37. The van der Waals surface area contributed by atoms with Crippen LogP contribution >= 0.6 is 0 Å². The van der Waals surface area contributed by atoms with E-state index in [2.05, 4.69) is 90.0 Å². The van der Waals surface area contributed by atoms with Crippen LogP contribution in [0.15, 0.2) is 66.7 Å². The molecule has 1 aromatic heterocycles. The molecule has 3 aromatic carbocycles. The Kier molecular flexibility index (Phi) is 3.63. The first kappa shape index (κ1) is 18.0. The lowest BCUT2D eigenvalue weighted by Gasteiger charge is -2.62. The van der Waals surface area contributed by atoms with E-state index in [1.165, 1.54) is 65.4 Å². The number of hydrogen-bond donors (Lipinski definition) is 0. The Balaban J connectivity index is 1.51. The summed E-state index contributed by atoms with van der Waals surface area (Å²) in [5, 5.41) is 2.79. The van der Waals surface area contributed by atoms with Crippen LogP contribution in [0, 0.1) is 18.8 Å². The molecule has 3 aliphatic heterocycles. The van der Waals surface area contributed by atoms with Crippen LogP contribution in [0.2, 0.25) is 0 Å². The molecule has 1 saturated carbocycles. The Labute approximate surface area is 184 Å². The molecule has 0 N–H and O–H groups in total. The Morgan fingerprint density at radius 3 is 2.29 bits per heavy atom. The highest BCUT2D eigenvalue weighted by Gasteiger charge is 2.55. The minimum absolute atomic E-state index is 0.332. The summed E-state index contributed by atoms with van der Waals surface area (Å²) in [6.07, 6.45) is 4.22. The van der Waals surface area contributed by atoms with Gasteiger partial charge in [-0.3, -0.25) is 4.90 Å². The van der Waals surface area contributed by atoms with Gasteiger partial charge >= 0.3 is 0 Å². The normalized spacial score (nSPS) is 31.7. The molecule has 8 rings (SSSR count). The second-order valence-corrected chi connectivity index (χ2v) is 10.5. The van der Waals surface area contributed by atoms with Crippen molar-refractivity contribution in [1.29, 1.82) is 0 Å². The quantitative estimate of drug-likeness (QED) is 0.371. The van der Waals surface area contributed by atoms with Crippen LogP contribution in [0.4, 0.5) is 0 Å². The molecule has 156 valence electrons. The average molecular weight is 407 g/mol. The van der Waals surface area contributed by atoms with E-state index in [1.807, 2.05) is 0 Å². The molecule has 4 bridgehead atoms. The predicted octanol–water partition coefficient (Wildman–Crippen LogP) is 6.46. The van der Waals surface area contributed by atoms with Crippen molar-refractivity contribution in [2.75, 3.05) is 13.1 Å². The van der Waals surface area contributed by atoms with Crippen molar-refractivity contribution in [2.24, 2.45) is 11.8 Å². The molecule has 3 atom stereocenters. The fraction of sp³-hybridized carbons (Fsp3) is 0.379. The van der Waals surface area contributed by atoms with Gasteiger partial charge in [0, 0.05) is 41.0 Å². The minimum Gasteiger partial charge on any atom is -0.309 e. The van der Waals surface area contributed by atoms with Gasteiger partial charge in [0.1, 0.15) is 0 Å². The molecule has 31 heavy (non-hydrogen) atoms. The van der Waals surface area contributed by atoms with E-state index in [9.17, 15) is 0 Å². The lowest BCUT2D eigenvalue weighted by Crippen LogP contribution is -2.65. The van der Waals surface area contributed by atoms with Gasteiger partial charge in [-0.15, -0.1) is 0 Å². The molecule has 3 saturated heterocycles. The van der Waals surface area contributed by atoms with Crippen molar-refractivity contribution in [2.45, 2.75) is 44.6 Å². The largest absolute Gasteiger partial charge is 0.309 e. The summed E-state index contributed by atoms with van der Waals surface area (Å²) in [7, 11) is 0. The number of nitrogens with zero attached hydrogens (tertiary/aromatic N) is 2. The van der Waals surface area contributed by atoms with E-state index >= 15 is 0 Å². The number of aryl methyl sites for hydroxylation is 1. The number of fused-ring (bicyclic) bond motifs is 3. The van der Waals surface area contributed by atoms with Gasteiger partial charge in [-0.1, -0.05) is 36.4 Å². The Bertz CT molecular complexity index is 1300. The number of aromatic nitrogens is 1. The first-order valence-corrected chi connectivity index (χ1v) is 12.0. The topological polar surface area (TPSA) is 8.17 Å². The van der Waals surface area contributed by atoms with Crippen LogP contribution in [0.3, 0.4) is 0 Å². The van der Waals surface area contributed by atoms with E-state index in [0.29, 0.717) is 11.5 Å². The van der Waals surface area contributed by atoms with Gasteiger partial charge in [-0.25, -0.2) is 0 Å². The zero-order chi connectivity index (χ0) is 20.7. The third-order valence-corrected chi connectivity index (χ3v) is 8.87. The van der Waals surface area contributed by atoms with E-state index in [1.54, 1.807) is 5.56 Å². The summed E-state index contributed by atoms with van der Waals surface area (Å²) >= 11 is 0. The van der Waals surface area contributed by atoms with Gasteiger partial charge < -0.3 is 4.57 Å². The number of hydrogen-bond acceptors (Lipinski definition) is 1. The molecular weight excluding hydrogens is 376 g/mol. The van der Waals surface area contributed by atoms with Crippen molar-refractivity contribution in [3.05, 3.63) is 77.9 Å². The van der Waals surface area contributed by atoms with Crippen LogP contribution < -0.4 is 0 Å². The molecule has 0 radical (unpaired) electrons. The minimum atomic E-state index is 0.332. The summed E-state index contributed by atoms with van der Waals surface area (Å²) < 4.78 is 2.45. The smallest absolute Gasteiger partial charge is 0.0543 e. The molecule has 3 unspecified atom stereocenters. The van der Waals surface area contributed by atoms with Gasteiger partial charge in [0.25, 0.3) is 0 Å². The van der Waals surface area contributed by atoms with Crippen molar-refractivity contribution in [1.82, 2.24) is 9.47 Å². The molecule has 2 nitrogen and oxygen atoms in total. The fourth-order valence-corrected chi connectivity index (χ4v) is 7.73. The fourth-order valence-electron chi connectivity index (χ4n) is 7.73. The SMILES string of the molecule is Cc1cc2c(cc1C13CC4CC(CN(C4)C1C)C3)c1ccccc1n2-c1ccccc1. The van der Waals surface area contributed by atoms with Crippen LogP contribution in [-0.2, 0) is 5.41 Å². The number of para-hydroxylation sites is 2. The van der Waals surface area contributed by atoms with Gasteiger partial charge in [0.15, 0.2) is 0 Å². The zero-order valence-electron chi connectivity index (χ0n) is 18.5. The lowest BCUT2D eigenvalue weighted by molar-refractivity contribution is -0.0788. The maximum absolute atomic E-state index is 2.81. The van der Waals surface area contributed by atoms with Crippen molar-refractivity contribution >= 4 is 21.8 Å². The standard InChI is InChI=1S/C29H30N2/c1-19-12-28-25(24-10-6-7-11-27(24)31(28)23-8-4-3-5-9-23)14-26(19)29-15-21-13-22(16-29)18-30(17-21)20(29)2/h3-12,14,20-22H,13,15-18H2,1-2H3. The molecule has 0 amide bonds. The summed E-state index contributed by atoms with van der Waals surface area (Å²) in [4.78, 5) is 2.81. The first-order chi connectivity index (χ1) is 15.1. The predicted molar refractivity (Wildman–Crippen MR) is 129 cm³/mol. The molecule has 4 heterocycles.